The molecule has 0 radical (unpaired) electrons. The summed E-state index contributed by atoms with van der Waals surface area (Å²) in [5.74, 6) is 0.918. The van der Waals surface area contributed by atoms with Crippen molar-refractivity contribution in [3.63, 3.8) is 0 Å². The molecule has 1 amide bonds. The summed E-state index contributed by atoms with van der Waals surface area (Å²) in [4.78, 5) is 22.8. The average molecular weight is 286 g/mol. The highest BCUT2D eigenvalue weighted by Crippen LogP contribution is 2.25. The van der Waals surface area contributed by atoms with Gasteiger partial charge >= 0.3 is 0 Å². The zero-order valence-corrected chi connectivity index (χ0v) is 12.0. The number of hydrogen-bond acceptors (Lipinski definition) is 5. The molecule has 0 saturated carbocycles. The lowest BCUT2D eigenvalue weighted by atomic mass is 9.95. The fraction of sp³-hybridized carbons (Fsp3) is 0.467. The third-order valence-electron chi connectivity index (χ3n) is 3.84. The van der Waals surface area contributed by atoms with Gasteiger partial charge in [-0.15, -0.1) is 0 Å². The molecule has 2 aromatic heterocycles. The second kappa shape index (κ2) is 6.03. The smallest absolute Gasteiger partial charge is 0.276 e. The van der Waals surface area contributed by atoms with E-state index in [4.69, 9.17) is 4.52 Å². The van der Waals surface area contributed by atoms with E-state index in [1.807, 2.05) is 11.8 Å². The molecule has 0 N–H and O–H groups in total. The van der Waals surface area contributed by atoms with Crippen molar-refractivity contribution in [2.24, 2.45) is 0 Å². The predicted molar refractivity (Wildman–Crippen MR) is 75.8 cm³/mol. The van der Waals surface area contributed by atoms with Gasteiger partial charge in [0.25, 0.3) is 5.91 Å². The first-order valence-corrected chi connectivity index (χ1v) is 7.28. The fourth-order valence-corrected chi connectivity index (χ4v) is 2.67. The molecule has 6 heteroatoms. The Kier molecular flexibility index (Phi) is 3.94. The first kappa shape index (κ1) is 13.7. The van der Waals surface area contributed by atoms with Crippen molar-refractivity contribution in [3.8, 4) is 0 Å². The predicted octanol–water partition coefficient (Wildman–Crippen LogP) is 2.05. The van der Waals surface area contributed by atoms with Crippen LogP contribution in [0.4, 0.5) is 0 Å². The number of aryl methyl sites for hydroxylation is 1. The van der Waals surface area contributed by atoms with Crippen LogP contribution in [0.3, 0.4) is 0 Å². The van der Waals surface area contributed by atoms with Crippen LogP contribution < -0.4 is 0 Å². The summed E-state index contributed by atoms with van der Waals surface area (Å²) in [6, 6.07) is 1.73. The molecule has 1 aliphatic rings. The molecule has 0 unspecified atom stereocenters. The Hall–Kier alpha value is -2.24. The minimum absolute atomic E-state index is 0.0629. The third kappa shape index (κ3) is 2.94. The lowest BCUT2D eigenvalue weighted by Gasteiger charge is -2.31. The molecule has 1 aliphatic heterocycles. The Bertz CT molecular complexity index is 611. The van der Waals surface area contributed by atoms with Crippen molar-refractivity contribution in [3.05, 3.63) is 41.8 Å². The van der Waals surface area contributed by atoms with E-state index in [0.717, 1.165) is 37.3 Å². The highest BCUT2D eigenvalue weighted by Gasteiger charge is 2.27. The fourth-order valence-electron chi connectivity index (χ4n) is 2.67. The molecular weight excluding hydrogens is 268 g/mol. The maximum Gasteiger partial charge on any atom is 0.276 e. The molecule has 3 heterocycles. The topological polar surface area (TPSA) is 72.1 Å². The van der Waals surface area contributed by atoms with Crippen molar-refractivity contribution < 1.29 is 9.32 Å². The maximum atomic E-state index is 12.5. The van der Waals surface area contributed by atoms with Gasteiger partial charge in [0.15, 0.2) is 5.69 Å². The summed E-state index contributed by atoms with van der Waals surface area (Å²) in [6.07, 6.45) is 7.87. The summed E-state index contributed by atoms with van der Waals surface area (Å²) in [7, 11) is 0. The van der Waals surface area contributed by atoms with Crippen molar-refractivity contribution in [2.45, 2.75) is 32.1 Å². The Morgan fingerprint density at radius 3 is 3.10 bits per heavy atom. The van der Waals surface area contributed by atoms with E-state index < -0.39 is 0 Å². The molecule has 0 bridgehead atoms. The van der Waals surface area contributed by atoms with Crippen LogP contribution >= 0.6 is 0 Å². The summed E-state index contributed by atoms with van der Waals surface area (Å²) in [6.45, 7) is 3.38. The van der Waals surface area contributed by atoms with Crippen LogP contribution in [0.1, 0.15) is 47.6 Å². The summed E-state index contributed by atoms with van der Waals surface area (Å²) in [5, 5.41) is 3.87. The number of piperidine rings is 1. The standard InChI is InChI=1S/C15H18N4O2/c1-2-12-8-13(18-21-12)15(20)19-7-3-4-11(10-19)14-9-16-5-6-17-14/h5-6,8-9,11H,2-4,7,10H2,1H3/t11-/m1/s1. The molecule has 110 valence electrons. The molecule has 6 nitrogen and oxygen atoms in total. The molecule has 1 fully saturated rings. The Morgan fingerprint density at radius 1 is 1.48 bits per heavy atom. The van der Waals surface area contributed by atoms with Crippen molar-refractivity contribution >= 4 is 5.91 Å². The van der Waals surface area contributed by atoms with E-state index in [0.29, 0.717) is 12.2 Å². The maximum absolute atomic E-state index is 12.5. The quantitative estimate of drug-likeness (QED) is 0.863. The van der Waals surface area contributed by atoms with Crippen LogP contribution in [0, 0.1) is 0 Å². The van der Waals surface area contributed by atoms with Gasteiger partial charge in [-0.1, -0.05) is 12.1 Å². The Morgan fingerprint density at radius 2 is 2.38 bits per heavy atom. The lowest BCUT2D eigenvalue weighted by molar-refractivity contribution is 0.0695. The molecule has 0 aromatic carbocycles. The van der Waals surface area contributed by atoms with Crippen LogP contribution in [0.15, 0.2) is 29.2 Å². The van der Waals surface area contributed by atoms with Gasteiger partial charge in [-0.2, -0.15) is 0 Å². The Balaban J connectivity index is 1.72. The van der Waals surface area contributed by atoms with Gasteiger partial charge in [0.2, 0.25) is 0 Å². The van der Waals surface area contributed by atoms with Gasteiger partial charge in [-0.05, 0) is 12.8 Å². The van der Waals surface area contributed by atoms with Gasteiger partial charge in [0.1, 0.15) is 5.76 Å². The van der Waals surface area contributed by atoms with Crippen LogP contribution in [-0.2, 0) is 6.42 Å². The van der Waals surface area contributed by atoms with Crippen molar-refractivity contribution in [1.29, 1.82) is 0 Å². The molecule has 1 atom stereocenters. The van der Waals surface area contributed by atoms with Gasteiger partial charge in [0.05, 0.1) is 5.69 Å². The summed E-state index contributed by atoms with van der Waals surface area (Å²) >= 11 is 0. The van der Waals surface area contributed by atoms with E-state index in [2.05, 4.69) is 15.1 Å². The normalized spacial score (nSPS) is 18.7. The first-order valence-electron chi connectivity index (χ1n) is 7.28. The number of carbonyl (C=O) groups is 1. The molecular formula is C15H18N4O2. The van der Waals surface area contributed by atoms with E-state index >= 15 is 0 Å². The first-order chi connectivity index (χ1) is 10.3. The van der Waals surface area contributed by atoms with Crippen LogP contribution in [0.2, 0.25) is 0 Å². The number of hydrogen-bond donors (Lipinski definition) is 0. The monoisotopic (exact) mass is 286 g/mol. The number of likely N-dealkylation sites (tertiary alicyclic amines) is 1. The molecule has 3 rings (SSSR count). The van der Waals surface area contributed by atoms with Gasteiger partial charge in [0, 0.05) is 50.1 Å². The molecule has 0 aliphatic carbocycles. The average Bonchev–Trinajstić information content (AvgIpc) is 3.04. The van der Waals surface area contributed by atoms with E-state index in [1.54, 1.807) is 24.7 Å². The largest absolute Gasteiger partial charge is 0.361 e. The van der Waals surface area contributed by atoms with Crippen LogP contribution in [0.25, 0.3) is 0 Å². The molecule has 21 heavy (non-hydrogen) atoms. The van der Waals surface area contributed by atoms with E-state index in [1.165, 1.54) is 0 Å². The zero-order chi connectivity index (χ0) is 14.7. The van der Waals surface area contributed by atoms with Crippen molar-refractivity contribution in [2.75, 3.05) is 13.1 Å². The van der Waals surface area contributed by atoms with Crippen LogP contribution in [-0.4, -0.2) is 39.0 Å². The number of nitrogens with zero attached hydrogens (tertiary/aromatic N) is 4. The third-order valence-corrected chi connectivity index (χ3v) is 3.84. The van der Waals surface area contributed by atoms with E-state index in [9.17, 15) is 4.79 Å². The molecule has 2 aromatic rings. The van der Waals surface area contributed by atoms with Gasteiger partial charge in [-0.25, -0.2) is 0 Å². The minimum Gasteiger partial charge on any atom is -0.361 e. The van der Waals surface area contributed by atoms with Crippen LogP contribution in [0.5, 0.6) is 0 Å². The second-order valence-electron chi connectivity index (χ2n) is 5.25. The van der Waals surface area contributed by atoms with Crippen molar-refractivity contribution in [1.82, 2.24) is 20.0 Å². The van der Waals surface area contributed by atoms with Gasteiger partial charge in [-0.3, -0.25) is 14.8 Å². The number of aromatic nitrogens is 3. The Labute approximate surface area is 123 Å². The lowest BCUT2D eigenvalue weighted by Crippen LogP contribution is -2.39. The number of rotatable bonds is 3. The molecule has 0 spiro atoms. The molecule has 1 saturated heterocycles. The summed E-state index contributed by atoms with van der Waals surface area (Å²) < 4.78 is 5.12. The number of carbonyl (C=O) groups excluding carboxylic acids is 1. The highest BCUT2D eigenvalue weighted by molar-refractivity contribution is 5.92. The second-order valence-corrected chi connectivity index (χ2v) is 5.25. The van der Waals surface area contributed by atoms with E-state index in [-0.39, 0.29) is 11.8 Å². The minimum atomic E-state index is -0.0629. The number of amides is 1. The summed E-state index contributed by atoms with van der Waals surface area (Å²) in [5.41, 5.74) is 1.34. The van der Waals surface area contributed by atoms with Gasteiger partial charge < -0.3 is 9.42 Å². The SMILES string of the molecule is CCc1cc(C(=O)N2CCC[C@@H](c3cnccn3)C2)no1. The zero-order valence-electron chi connectivity index (χ0n) is 12.0. The highest BCUT2D eigenvalue weighted by atomic mass is 16.5.